The number of hydrogen-bond acceptors (Lipinski definition) is 3. The van der Waals surface area contributed by atoms with Crippen LogP contribution in [0.25, 0.3) is 0 Å². The second kappa shape index (κ2) is 6.78. The summed E-state index contributed by atoms with van der Waals surface area (Å²) in [5.41, 5.74) is 4.29. The van der Waals surface area contributed by atoms with Gasteiger partial charge in [0.2, 0.25) is 11.8 Å². The normalized spacial score (nSPS) is 16.6. The van der Waals surface area contributed by atoms with Gasteiger partial charge in [-0.25, -0.2) is 0 Å². The Bertz CT molecular complexity index is 866. The molecule has 25 heavy (non-hydrogen) atoms. The van der Waals surface area contributed by atoms with E-state index in [1.807, 2.05) is 38.1 Å². The molecule has 0 saturated carbocycles. The van der Waals surface area contributed by atoms with Crippen molar-refractivity contribution in [3.05, 3.63) is 59.2 Å². The molecule has 2 amide bonds. The predicted octanol–water partition coefficient (Wildman–Crippen LogP) is 3.17. The zero-order valence-corrected chi connectivity index (χ0v) is 14.2. The van der Waals surface area contributed by atoms with Crippen molar-refractivity contribution in [2.75, 3.05) is 16.8 Å². The third-order valence-electron chi connectivity index (χ3n) is 4.58. The molecule has 3 rings (SSSR count). The topological polar surface area (TPSA) is 73.2 Å². The van der Waals surface area contributed by atoms with Crippen LogP contribution in [0.3, 0.4) is 0 Å². The van der Waals surface area contributed by atoms with E-state index in [2.05, 4.69) is 5.32 Å². The lowest BCUT2D eigenvalue weighted by Crippen LogP contribution is -2.28. The fraction of sp³-hybridized carbons (Fsp3) is 0.250. The Balaban J connectivity index is 1.69. The Morgan fingerprint density at radius 3 is 2.52 bits per heavy atom. The van der Waals surface area contributed by atoms with E-state index in [9.17, 15) is 9.59 Å². The summed E-state index contributed by atoms with van der Waals surface area (Å²) in [6.45, 7) is 4.41. The van der Waals surface area contributed by atoms with Gasteiger partial charge < -0.3 is 10.2 Å². The Morgan fingerprint density at radius 2 is 1.88 bits per heavy atom. The fourth-order valence-electron chi connectivity index (χ4n) is 2.90. The quantitative estimate of drug-likeness (QED) is 0.937. The van der Waals surface area contributed by atoms with Gasteiger partial charge in [0.15, 0.2) is 0 Å². The zero-order valence-electron chi connectivity index (χ0n) is 14.2. The first-order valence-corrected chi connectivity index (χ1v) is 8.16. The Hall–Kier alpha value is -3.13. The van der Waals surface area contributed by atoms with Crippen LogP contribution in [-0.2, 0) is 9.59 Å². The predicted molar refractivity (Wildman–Crippen MR) is 96.2 cm³/mol. The van der Waals surface area contributed by atoms with Crippen LogP contribution in [0.1, 0.15) is 23.1 Å². The third kappa shape index (κ3) is 3.53. The summed E-state index contributed by atoms with van der Waals surface area (Å²) in [7, 11) is 0. The highest BCUT2D eigenvalue weighted by Gasteiger charge is 2.35. The molecule has 1 heterocycles. The highest BCUT2D eigenvalue weighted by Crippen LogP contribution is 2.27. The number of anilines is 2. The van der Waals surface area contributed by atoms with Crippen LogP contribution in [0.5, 0.6) is 0 Å². The summed E-state index contributed by atoms with van der Waals surface area (Å²) in [6.07, 6.45) is 0.203. The monoisotopic (exact) mass is 333 g/mol. The minimum atomic E-state index is -0.384. The molecule has 1 atom stereocenters. The molecule has 0 aromatic heterocycles. The van der Waals surface area contributed by atoms with Gasteiger partial charge in [-0.05, 0) is 61.4 Å². The molecule has 1 saturated heterocycles. The zero-order chi connectivity index (χ0) is 18.0. The van der Waals surface area contributed by atoms with Crippen molar-refractivity contribution in [2.45, 2.75) is 20.3 Å². The Kier molecular flexibility index (Phi) is 4.53. The van der Waals surface area contributed by atoms with Gasteiger partial charge in [0.05, 0.1) is 17.6 Å². The third-order valence-corrected chi connectivity index (χ3v) is 4.58. The van der Waals surface area contributed by atoms with Gasteiger partial charge in [0, 0.05) is 24.3 Å². The second-order valence-corrected chi connectivity index (χ2v) is 6.35. The molecular weight excluding hydrogens is 314 g/mol. The first kappa shape index (κ1) is 16.7. The maximum Gasteiger partial charge on any atom is 0.229 e. The number of hydrogen-bond donors (Lipinski definition) is 1. The Labute approximate surface area is 146 Å². The number of aryl methyl sites for hydroxylation is 2. The maximum absolute atomic E-state index is 12.5. The maximum atomic E-state index is 12.5. The van der Waals surface area contributed by atoms with Crippen LogP contribution in [0.4, 0.5) is 11.4 Å². The SMILES string of the molecule is Cc1ccc(N2C[C@@H](C(=O)Nc3ccc(C#N)cc3)CC2=O)cc1C. The number of rotatable bonds is 3. The van der Waals surface area contributed by atoms with Crippen molar-refractivity contribution < 1.29 is 9.59 Å². The van der Waals surface area contributed by atoms with Crippen molar-refractivity contribution in [3.63, 3.8) is 0 Å². The van der Waals surface area contributed by atoms with Crippen molar-refractivity contribution in [2.24, 2.45) is 5.92 Å². The fourth-order valence-corrected chi connectivity index (χ4v) is 2.90. The average molecular weight is 333 g/mol. The van der Waals surface area contributed by atoms with Crippen molar-refractivity contribution >= 4 is 23.2 Å². The largest absolute Gasteiger partial charge is 0.326 e. The van der Waals surface area contributed by atoms with E-state index in [1.54, 1.807) is 29.2 Å². The summed E-state index contributed by atoms with van der Waals surface area (Å²) >= 11 is 0. The highest BCUT2D eigenvalue weighted by atomic mass is 16.2. The van der Waals surface area contributed by atoms with E-state index in [0.717, 1.165) is 11.3 Å². The molecule has 1 fully saturated rings. The molecule has 1 aliphatic rings. The molecule has 0 aliphatic carbocycles. The molecule has 2 aromatic rings. The van der Waals surface area contributed by atoms with E-state index in [0.29, 0.717) is 17.8 Å². The van der Waals surface area contributed by atoms with E-state index >= 15 is 0 Å². The first-order valence-electron chi connectivity index (χ1n) is 8.16. The van der Waals surface area contributed by atoms with Gasteiger partial charge in [0.1, 0.15) is 0 Å². The lowest BCUT2D eigenvalue weighted by Gasteiger charge is -2.18. The molecule has 0 radical (unpaired) electrons. The number of carbonyl (C=O) groups excluding carboxylic acids is 2. The molecule has 126 valence electrons. The van der Waals surface area contributed by atoms with Gasteiger partial charge in [-0.15, -0.1) is 0 Å². The molecule has 2 aromatic carbocycles. The molecule has 0 unspecified atom stereocenters. The second-order valence-electron chi connectivity index (χ2n) is 6.35. The molecule has 5 nitrogen and oxygen atoms in total. The first-order chi connectivity index (χ1) is 12.0. The molecule has 1 aliphatic heterocycles. The number of amides is 2. The number of nitriles is 1. The van der Waals surface area contributed by atoms with Crippen LogP contribution < -0.4 is 10.2 Å². The molecule has 5 heteroatoms. The van der Waals surface area contributed by atoms with Crippen LogP contribution in [0, 0.1) is 31.1 Å². The van der Waals surface area contributed by atoms with Gasteiger partial charge in [-0.2, -0.15) is 5.26 Å². The highest BCUT2D eigenvalue weighted by molar-refractivity contribution is 6.03. The van der Waals surface area contributed by atoms with Crippen LogP contribution >= 0.6 is 0 Å². The molecule has 0 spiro atoms. The standard InChI is InChI=1S/C20H19N3O2/c1-13-3-8-18(9-14(13)2)23-12-16(10-19(23)24)20(25)22-17-6-4-15(11-21)5-7-17/h3-9,16H,10,12H2,1-2H3,(H,22,25)/t16-/m0/s1. The molecule has 1 N–H and O–H groups in total. The van der Waals surface area contributed by atoms with Crippen molar-refractivity contribution in [1.82, 2.24) is 0 Å². The number of benzene rings is 2. The summed E-state index contributed by atoms with van der Waals surface area (Å²) in [6, 6.07) is 14.6. The van der Waals surface area contributed by atoms with Gasteiger partial charge >= 0.3 is 0 Å². The molecule has 0 bridgehead atoms. The van der Waals surface area contributed by atoms with Crippen molar-refractivity contribution in [3.8, 4) is 6.07 Å². The summed E-state index contributed by atoms with van der Waals surface area (Å²) in [5, 5.41) is 11.6. The van der Waals surface area contributed by atoms with E-state index in [-0.39, 0.29) is 24.2 Å². The Morgan fingerprint density at radius 1 is 1.16 bits per heavy atom. The summed E-state index contributed by atoms with van der Waals surface area (Å²) in [5.74, 6) is -0.600. The van der Waals surface area contributed by atoms with Gasteiger partial charge in [-0.1, -0.05) is 6.07 Å². The van der Waals surface area contributed by atoms with Crippen molar-refractivity contribution in [1.29, 1.82) is 5.26 Å². The minimum absolute atomic E-state index is 0.0387. The van der Waals surface area contributed by atoms with Gasteiger partial charge in [-0.3, -0.25) is 9.59 Å². The van der Waals surface area contributed by atoms with E-state index in [4.69, 9.17) is 5.26 Å². The number of nitrogens with one attached hydrogen (secondary N) is 1. The van der Waals surface area contributed by atoms with Crippen LogP contribution in [0.15, 0.2) is 42.5 Å². The lowest BCUT2D eigenvalue weighted by molar-refractivity contribution is -0.122. The van der Waals surface area contributed by atoms with E-state index < -0.39 is 0 Å². The summed E-state index contributed by atoms with van der Waals surface area (Å²) < 4.78 is 0. The lowest BCUT2D eigenvalue weighted by atomic mass is 10.1. The summed E-state index contributed by atoms with van der Waals surface area (Å²) in [4.78, 5) is 26.5. The smallest absolute Gasteiger partial charge is 0.229 e. The average Bonchev–Trinajstić information content (AvgIpc) is 3.00. The van der Waals surface area contributed by atoms with Gasteiger partial charge in [0.25, 0.3) is 0 Å². The van der Waals surface area contributed by atoms with Crippen LogP contribution in [-0.4, -0.2) is 18.4 Å². The number of nitrogens with zero attached hydrogens (tertiary/aromatic N) is 2. The minimum Gasteiger partial charge on any atom is -0.326 e. The molecular formula is C20H19N3O2. The number of carbonyl (C=O) groups is 2. The van der Waals surface area contributed by atoms with Crippen LogP contribution in [0.2, 0.25) is 0 Å². The van der Waals surface area contributed by atoms with E-state index in [1.165, 1.54) is 5.56 Å².